The number of pyridine rings is 1. The number of rotatable bonds is 7. The standard InChI is InChI=1S/C27H24N2O4.C8H11N5O/c1-2-21-14-19-9-6-8-18(25(19)27(33)29(21)22-11-4-3-5-12-22)10-7-13-28-26(32)20-15-23(30)17-24(31)16-20;1-3-4-11-8-5(7(10)14)6(9)12-13(8)2/h3-6,8-9,11-12,14,20H,2,13,15-17H2,1H3,(H,28,32);3-4H,1H2,2H3,(H2,9,12)(H2,10,14)/b;11-4-. The van der Waals surface area contributed by atoms with Crippen molar-refractivity contribution in [3.05, 3.63) is 94.4 Å². The molecule has 2 amide bonds. The second kappa shape index (κ2) is 15.3. The zero-order chi connectivity index (χ0) is 34.1. The Morgan fingerprint density at radius 3 is 2.45 bits per heavy atom. The number of primary amides is 1. The molecule has 12 heteroatoms. The minimum atomic E-state index is -0.646. The fraction of sp³-hybridized carbons (Fsp3) is 0.229. The van der Waals surface area contributed by atoms with E-state index in [1.165, 1.54) is 17.0 Å². The van der Waals surface area contributed by atoms with Gasteiger partial charge < -0.3 is 16.8 Å². The van der Waals surface area contributed by atoms with Gasteiger partial charge in [0.25, 0.3) is 11.5 Å². The van der Waals surface area contributed by atoms with Gasteiger partial charge in [0, 0.05) is 43.0 Å². The molecule has 1 aliphatic rings. The minimum Gasteiger partial charge on any atom is -0.381 e. The third-order valence-electron chi connectivity index (χ3n) is 7.38. The van der Waals surface area contributed by atoms with Crippen molar-refractivity contribution in [2.24, 2.45) is 23.7 Å². The number of carbonyl (C=O) groups excluding carboxylic acids is 4. The predicted octanol–water partition coefficient (Wildman–Crippen LogP) is 2.95. The summed E-state index contributed by atoms with van der Waals surface area (Å²) in [5.41, 5.74) is 12.9. The van der Waals surface area contributed by atoms with E-state index in [4.69, 9.17) is 11.5 Å². The van der Waals surface area contributed by atoms with Crippen molar-refractivity contribution in [3.63, 3.8) is 0 Å². The van der Waals surface area contributed by atoms with Crippen LogP contribution in [-0.2, 0) is 27.9 Å². The van der Waals surface area contributed by atoms with E-state index >= 15 is 0 Å². The second-order valence-electron chi connectivity index (χ2n) is 10.7. The maximum Gasteiger partial charge on any atom is 0.264 e. The van der Waals surface area contributed by atoms with Crippen LogP contribution >= 0.6 is 0 Å². The topological polar surface area (TPSA) is 185 Å². The normalized spacial score (nSPS) is 13.1. The van der Waals surface area contributed by atoms with Gasteiger partial charge in [-0.25, -0.2) is 9.67 Å². The number of benzene rings is 2. The van der Waals surface area contributed by atoms with E-state index in [2.05, 4.69) is 33.8 Å². The molecular weight excluding hydrogens is 598 g/mol. The number of aliphatic imine (C=N–C) groups is 1. The molecular formula is C35H35N7O5. The van der Waals surface area contributed by atoms with Crippen LogP contribution in [0.25, 0.3) is 16.5 Å². The molecule has 0 saturated heterocycles. The van der Waals surface area contributed by atoms with Gasteiger partial charge in [0.2, 0.25) is 5.91 Å². The second-order valence-corrected chi connectivity index (χ2v) is 10.7. The summed E-state index contributed by atoms with van der Waals surface area (Å²) < 4.78 is 3.10. The third kappa shape index (κ3) is 7.96. The smallest absolute Gasteiger partial charge is 0.264 e. The Balaban J connectivity index is 0.000000300. The molecule has 0 spiro atoms. The molecule has 4 aromatic rings. The van der Waals surface area contributed by atoms with Crippen LogP contribution in [0.4, 0.5) is 11.6 Å². The summed E-state index contributed by atoms with van der Waals surface area (Å²) in [5.74, 6) is 4.31. The molecule has 1 fully saturated rings. The molecule has 2 aromatic carbocycles. The third-order valence-corrected chi connectivity index (χ3v) is 7.38. The molecule has 1 saturated carbocycles. The van der Waals surface area contributed by atoms with Gasteiger partial charge in [-0.1, -0.05) is 61.8 Å². The summed E-state index contributed by atoms with van der Waals surface area (Å²) in [7, 11) is 1.62. The first-order chi connectivity index (χ1) is 22.5. The van der Waals surface area contributed by atoms with Gasteiger partial charge in [-0.3, -0.25) is 28.5 Å². The van der Waals surface area contributed by atoms with Crippen LogP contribution in [-0.4, -0.2) is 50.5 Å². The molecule has 240 valence electrons. The van der Waals surface area contributed by atoms with Gasteiger partial charge in [-0.15, -0.1) is 0 Å². The molecule has 2 aromatic heterocycles. The van der Waals surface area contributed by atoms with E-state index in [1.807, 2.05) is 55.5 Å². The van der Waals surface area contributed by atoms with Crippen molar-refractivity contribution < 1.29 is 19.2 Å². The van der Waals surface area contributed by atoms with Crippen molar-refractivity contribution >= 4 is 52.0 Å². The highest BCUT2D eigenvalue weighted by atomic mass is 16.2. The number of amides is 2. The monoisotopic (exact) mass is 633 g/mol. The summed E-state index contributed by atoms with van der Waals surface area (Å²) >= 11 is 0. The van der Waals surface area contributed by atoms with Crippen molar-refractivity contribution in [3.8, 4) is 17.5 Å². The number of anilines is 1. The van der Waals surface area contributed by atoms with Crippen LogP contribution in [0.2, 0.25) is 0 Å². The first-order valence-corrected chi connectivity index (χ1v) is 14.9. The summed E-state index contributed by atoms with van der Waals surface area (Å²) in [6, 6.07) is 17.1. The SMILES string of the molecule is C=C/C=N\c1c(C(N)=O)c(N)nn1C.CCc1cc2cccc(C#CCNC(=O)C3CC(=O)CC(=O)C3)c2c(=O)n1-c1ccccc1. The minimum absolute atomic E-state index is 0.0635. The molecule has 0 unspecified atom stereocenters. The van der Waals surface area contributed by atoms with Crippen LogP contribution in [0.15, 0.2) is 77.0 Å². The number of hydrogen-bond acceptors (Lipinski definition) is 8. The average molecular weight is 634 g/mol. The largest absolute Gasteiger partial charge is 0.381 e. The van der Waals surface area contributed by atoms with Gasteiger partial charge >= 0.3 is 0 Å². The number of nitrogen functional groups attached to an aromatic ring is 1. The number of hydrogen-bond donors (Lipinski definition) is 3. The maximum atomic E-state index is 13.5. The fourth-order valence-electron chi connectivity index (χ4n) is 5.27. The molecule has 47 heavy (non-hydrogen) atoms. The zero-order valence-corrected chi connectivity index (χ0v) is 26.2. The number of aromatic nitrogens is 3. The first-order valence-electron chi connectivity index (χ1n) is 14.9. The van der Waals surface area contributed by atoms with Gasteiger partial charge in [0.15, 0.2) is 11.6 Å². The Hall–Kier alpha value is -6.09. The van der Waals surface area contributed by atoms with Crippen LogP contribution in [0.5, 0.6) is 0 Å². The molecule has 1 aliphatic carbocycles. The van der Waals surface area contributed by atoms with E-state index in [0.29, 0.717) is 23.2 Å². The number of aryl methyl sites for hydroxylation is 2. The lowest BCUT2D eigenvalue weighted by Gasteiger charge is -2.18. The van der Waals surface area contributed by atoms with Gasteiger partial charge in [-0.05, 0) is 36.1 Å². The van der Waals surface area contributed by atoms with Crippen molar-refractivity contribution in [1.29, 1.82) is 0 Å². The van der Waals surface area contributed by atoms with Crippen molar-refractivity contribution in [1.82, 2.24) is 19.7 Å². The molecule has 0 aliphatic heterocycles. The quantitative estimate of drug-likeness (QED) is 0.159. The highest BCUT2D eigenvalue weighted by molar-refractivity contribution is 6.05. The number of fused-ring (bicyclic) bond motifs is 1. The van der Waals surface area contributed by atoms with Crippen LogP contribution < -0.4 is 22.3 Å². The highest BCUT2D eigenvalue weighted by Crippen LogP contribution is 2.23. The lowest BCUT2D eigenvalue weighted by Crippen LogP contribution is -2.36. The van der Waals surface area contributed by atoms with Gasteiger partial charge in [0.05, 0.1) is 24.3 Å². The summed E-state index contributed by atoms with van der Waals surface area (Å²) in [6.07, 6.45) is 3.72. The molecule has 0 bridgehead atoms. The number of para-hydroxylation sites is 1. The molecule has 2 heterocycles. The number of ketones is 2. The van der Waals surface area contributed by atoms with Crippen molar-refractivity contribution in [2.45, 2.75) is 32.6 Å². The van der Waals surface area contributed by atoms with Crippen molar-refractivity contribution in [2.75, 3.05) is 12.3 Å². The predicted molar refractivity (Wildman–Crippen MR) is 181 cm³/mol. The molecule has 12 nitrogen and oxygen atoms in total. The molecule has 0 atom stereocenters. The van der Waals surface area contributed by atoms with E-state index in [0.717, 1.165) is 16.8 Å². The van der Waals surface area contributed by atoms with Gasteiger partial charge in [0.1, 0.15) is 17.1 Å². The number of allylic oxidation sites excluding steroid dienone is 1. The lowest BCUT2D eigenvalue weighted by molar-refractivity contribution is -0.137. The average Bonchev–Trinajstić information content (AvgIpc) is 3.34. The van der Waals surface area contributed by atoms with Crippen LogP contribution in [0.1, 0.15) is 47.8 Å². The van der Waals surface area contributed by atoms with Crippen LogP contribution in [0.3, 0.4) is 0 Å². The Kier molecular flexibility index (Phi) is 11.0. The summed E-state index contributed by atoms with van der Waals surface area (Å²) in [6.45, 7) is 5.54. The number of nitrogens with zero attached hydrogens (tertiary/aromatic N) is 4. The first kappa shape index (κ1) is 33.8. The Morgan fingerprint density at radius 2 is 1.81 bits per heavy atom. The lowest BCUT2D eigenvalue weighted by atomic mass is 9.87. The summed E-state index contributed by atoms with van der Waals surface area (Å²) in [5, 5.41) is 7.86. The Bertz CT molecular complexity index is 2000. The maximum absolute atomic E-state index is 13.5. The number of Topliss-reactive ketones (excluding diaryl/α,β-unsaturated/α-hetero) is 2. The number of carbonyl (C=O) groups is 4. The summed E-state index contributed by atoms with van der Waals surface area (Å²) in [4.78, 5) is 63.9. The van der Waals surface area contributed by atoms with Gasteiger partial charge in [-0.2, -0.15) is 5.10 Å². The Labute approximate surface area is 271 Å². The van der Waals surface area contributed by atoms with E-state index < -0.39 is 11.8 Å². The van der Waals surface area contributed by atoms with E-state index in [9.17, 15) is 24.0 Å². The molecule has 5 rings (SSSR count). The van der Waals surface area contributed by atoms with E-state index in [1.54, 1.807) is 17.7 Å². The number of nitrogens with two attached hydrogens (primary N) is 2. The van der Waals surface area contributed by atoms with E-state index in [-0.39, 0.29) is 60.2 Å². The zero-order valence-electron chi connectivity index (χ0n) is 26.2. The molecule has 0 radical (unpaired) electrons. The highest BCUT2D eigenvalue weighted by Gasteiger charge is 2.30. The fourth-order valence-corrected chi connectivity index (χ4v) is 5.27. The van der Waals surface area contributed by atoms with Crippen LogP contribution in [0, 0.1) is 17.8 Å². The molecule has 5 N–H and O–H groups in total. The Morgan fingerprint density at radius 1 is 1.11 bits per heavy atom. The number of nitrogens with one attached hydrogen (secondary N) is 1.